The van der Waals surface area contributed by atoms with Gasteiger partial charge in [0, 0.05) is 20.9 Å². The Labute approximate surface area is 185 Å². The molecule has 0 saturated carbocycles. The average Bonchev–Trinajstić information content (AvgIpc) is 2.71. The molecule has 4 rings (SSSR count). The number of carbonyl (C=O) groups is 1. The number of aliphatic hydroxyl groups is 1. The van der Waals surface area contributed by atoms with Gasteiger partial charge in [-0.15, -0.1) is 0 Å². The molecule has 0 amide bonds. The van der Waals surface area contributed by atoms with E-state index in [1.54, 1.807) is 12.1 Å². The highest BCUT2D eigenvalue weighted by molar-refractivity contribution is 9.10. The van der Waals surface area contributed by atoms with Gasteiger partial charge < -0.3 is 10.2 Å². The van der Waals surface area contributed by atoms with Crippen LogP contribution in [0.2, 0.25) is 0 Å². The largest absolute Gasteiger partial charge is 0.478 e. The van der Waals surface area contributed by atoms with Crippen LogP contribution in [0, 0.1) is 0 Å². The lowest BCUT2D eigenvalue weighted by Crippen LogP contribution is -2.36. The number of benzene rings is 3. The Morgan fingerprint density at radius 1 is 0.833 bits per heavy atom. The van der Waals surface area contributed by atoms with Gasteiger partial charge in [-0.1, -0.05) is 86.1 Å². The molecule has 0 aliphatic heterocycles. The van der Waals surface area contributed by atoms with Crippen LogP contribution in [0.1, 0.15) is 77.5 Å². The van der Waals surface area contributed by atoms with Crippen LogP contribution in [0.4, 0.5) is 0 Å². The van der Waals surface area contributed by atoms with Crippen molar-refractivity contribution in [2.24, 2.45) is 0 Å². The summed E-state index contributed by atoms with van der Waals surface area (Å²) in [5, 5.41) is 20.7. The lowest BCUT2D eigenvalue weighted by atomic mass is 9.60. The molecule has 0 heterocycles. The fourth-order valence-electron chi connectivity index (χ4n) is 4.79. The second-order valence-corrected chi connectivity index (χ2v) is 9.96. The van der Waals surface area contributed by atoms with Crippen molar-refractivity contribution in [3.05, 3.63) is 104 Å². The van der Waals surface area contributed by atoms with E-state index in [0.717, 1.165) is 10.0 Å². The number of fused-ring (bicyclic) bond motifs is 2. The van der Waals surface area contributed by atoms with E-state index >= 15 is 0 Å². The minimum Gasteiger partial charge on any atom is -0.478 e. The first kappa shape index (κ1) is 20.8. The summed E-state index contributed by atoms with van der Waals surface area (Å²) >= 11 is 3.39. The van der Waals surface area contributed by atoms with Crippen molar-refractivity contribution in [2.75, 3.05) is 0 Å². The molecule has 0 fully saturated rings. The van der Waals surface area contributed by atoms with Crippen molar-refractivity contribution in [3.8, 4) is 0 Å². The molecule has 2 N–H and O–H groups in total. The Hall–Kier alpha value is -2.43. The molecule has 4 heteroatoms. The molecular formula is C26H25BrO3. The van der Waals surface area contributed by atoms with Gasteiger partial charge in [0.15, 0.2) is 0 Å². The summed E-state index contributed by atoms with van der Waals surface area (Å²) in [5.74, 6) is -1.05. The molecule has 0 bridgehead atoms. The molecule has 3 nitrogen and oxygen atoms in total. The number of aromatic carboxylic acids is 1. The lowest BCUT2D eigenvalue weighted by molar-refractivity contribution is 0.0691. The van der Waals surface area contributed by atoms with E-state index in [9.17, 15) is 15.0 Å². The van der Waals surface area contributed by atoms with Gasteiger partial charge in [-0.25, -0.2) is 4.79 Å². The van der Waals surface area contributed by atoms with Crippen molar-refractivity contribution in [3.63, 3.8) is 0 Å². The van der Waals surface area contributed by atoms with Gasteiger partial charge in [-0.3, -0.25) is 0 Å². The zero-order chi connectivity index (χ0) is 21.8. The third-order valence-corrected chi connectivity index (χ3v) is 7.01. The Morgan fingerprint density at radius 2 is 1.40 bits per heavy atom. The van der Waals surface area contributed by atoms with Gasteiger partial charge in [0.25, 0.3) is 0 Å². The number of carboxylic acids is 1. The fraction of sp³-hybridized carbons (Fsp3) is 0.269. The third-order valence-electron chi connectivity index (χ3n) is 6.52. The van der Waals surface area contributed by atoms with Crippen molar-refractivity contribution in [1.82, 2.24) is 0 Å². The van der Waals surface area contributed by atoms with Gasteiger partial charge in [-0.2, -0.15) is 0 Å². The van der Waals surface area contributed by atoms with Crippen molar-refractivity contribution in [1.29, 1.82) is 0 Å². The molecule has 3 aromatic carbocycles. The molecule has 30 heavy (non-hydrogen) atoms. The van der Waals surface area contributed by atoms with Crippen molar-refractivity contribution in [2.45, 2.75) is 44.6 Å². The smallest absolute Gasteiger partial charge is 0.336 e. The van der Waals surface area contributed by atoms with Crippen molar-refractivity contribution < 1.29 is 15.0 Å². The lowest BCUT2D eigenvalue weighted by Gasteiger charge is -2.44. The standard InChI is InChI=1S/C26H25BrO3/c1-25(2)19-7-5-6-8-20(19)26(3,4)22-13-15(9-12-21(22)25)23(28)18-14-16(27)10-11-17(18)24(29)30/h5-14,23,28H,1-4H3,(H,29,30). The van der Waals surface area contributed by atoms with Crippen LogP contribution in [-0.4, -0.2) is 16.2 Å². The van der Waals surface area contributed by atoms with Gasteiger partial charge in [0.2, 0.25) is 0 Å². The second kappa shape index (κ2) is 7.07. The minimum absolute atomic E-state index is 0.105. The Bertz CT molecular complexity index is 1160. The van der Waals surface area contributed by atoms with Crippen LogP contribution in [-0.2, 0) is 10.8 Å². The third kappa shape index (κ3) is 3.10. The average molecular weight is 465 g/mol. The summed E-state index contributed by atoms with van der Waals surface area (Å²) in [4.78, 5) is 11.7. The van der Waals surface area contributed by atoms with E-state index in [1.165, 1.54) is 22.8 Å². The number of hydrogen-bond donors (Lipinski definition) is 2. The van der Waals surface area contributed by atoms with E-state index in [1.807, 2.05) is 12.1 Å². The maximum absolute atomic E-state index is 11.7. The summed E-state index contributed by atoms with van der Waals surface area (Å²) in [5.41, 5.74) is 5.77. The van der Waals surface area contributed by atoms with Gasteiger partial charge in [-0.05, 0) is 46.0 Å². The summed E-state index contributed by atoms with van der Waals surface area (Å²) in [6.45, 7) is 8.87. The highest BCUT2D eigenvalue weighted by atomic mass is 79.9. The van der Waals surface area contributed by atoms with Gasteiger partial charge in [0.05, 0.1) is 5.56 Å². The van der Waals surface area contributed by atoms with E-state index in [0.29, 0.717) is 11.1 Å². The highest BCUT2D eigenvalue weighted by Crippen LogP contribution is 2.50. The summed E-state index contributed by atoms with van der Waals surface area (Å²) in [6, 6.07) is 19.5. The second-order valence-electron chi connectivity index (χ2n) is 9.04. The van der Waals surface area contributed by atoms with E-state index < -0.39 is 12.1 Å². The number of halogens is 1. The first-order chi connectivity index (χ1) is 14.0. The minimum atomic E-state index is -1.05. The van der Waals surface area contributed by atoms with Gasteiger partial charge in [0.1, 0.15) is 6.10 Å². The quantitative estimate of drug-likeness (QED) is 0.485. The summed E-state index contributed by atoms with van der Waals surface area (Å²) in [6.07, 6.45) is -1.03. The SMILES string of the molecule is CC1(C)c2ccccc2C(C)(C)c2cc(C(O)c3cc(Br)ccc3C(=O)O)ccc21. The number of hydrogen-bond acceptors (Lipinski definition) is 2. The van der Waals surface area contributed by atoms with Crippen molar-refractivity contribution >= 4 is 21.9 Å². The number of carboxylic acid groups (broad SMARTS) is 1. The number of rotatable bonds is 3. The molecule has 3 aromatic rings. The topological polar surface area (TPSA) is 57.5 Å². The van der Waals surface area contributed by atoms with Crippen LogP contribution in [0.3, 0.4) is 0 Å². The van der Waals surface area contributed by atoms with E-state index in [-0.39, 0.29) is 16.4 Å². The zero-order valence-electron chi connectivity index (χ0n) is 17.5. The summed E-state index contributed by atoms with van der Waals surface area (Å²) < 4.78 is 0.731. The Balaban J connectivity index is 1.89. The molecule has 0 spiro atoms. The first-order valence-corrected chi connectivity index (χ1v) is 10.8. The zero-order valence-corrected chi connectivity index (χ0v) is 19.1. The predicted octanol–water partition coefficient (Wildman–Crippen LogP) is 6.19. The Morgan fingerprint density at radius 3 is 2.00 bits per heavy atom. The van der Waals surface area contributed by atoms with Gasteiger partial charge >= 0.3 is 5.97 Å². The van der Waals surface area contributed by atoms with Crippen LogP contribution >= 0.6 is 15.9 Å². The van der Waals surface area contributed by atoms with E-state index in [4.69, 9.17) is 0 Å². The monoisotopic (exact) mass is 464 g/mol. The molecule has 1 unspecified atom stereocenters. The first-order valence-electron chi connectivity index (χ1n) is 10.0. The molecule has 1 atom stereocenters. The fourth-order valence-corrected chi connectivity index (χ4v) is 5.17. The van der Waals surface area contributed by atoms with Crippen LogP contribution in [0.25, 0.3) is 0 Å². The molecule has 0 aromatic heterocycles. The Kier molecular flexibility index (Phi) is 4.91. The van der Waals surface area contributed by atoms with Crippen LogP contribution in [0.5, 0.6) is 0 Å². The molecule has 0 saturated heterocycles. The highest BCUT2D eigenvalue weighted by Gasteiger charge is 2.41. The van der Waals surface area contributed by atoms with E-state index in [2.05, 4.69) is 74.0 Å². The maximum Gasteiger partial charge on any atom is 0.336 e. The normalized spacial score (nSPS) is 17.0. The predicted molar refractivity (Wildman–Crippen MR) is 122 cm³/mol. The molecular weight excluding hydrogens is 440 g/mol. The maximum atomic E-state index is 11.7. The number of aliphatic hydroxyl groups excluding tert-OH is 1. The summed E-state index contributed by atoms with van der Waals surface area (Å²) in [7, 11) is 0. The molecule has 154 valence electrons. The molecule has 1 aliphatic rings. The molecule has 0 radical (unpaired) electrons. The van der Waals surface area contributed by atoms with Crippen LogP contribution < -0.4 is 0 Å². The van der Waals surface area contributed by atoms with Crippen LogP contribution in [0.15, 0.2) is 65.1 Å². The molecule has 1 aliphatic carbocycles.